The Bertz CT molecular complexity index is 555. The molecule has 0 saturated heterocycles. The van der Waals surface area contributed by atoms with Gasteiger partial charge in [0.1, 0.15) is 5.82 Å². The van der Waals surface area contributed by atoms with Gasteiger partial charge in [0.05, 0.1) is 5.02 Å². The fraction of sp³-hybridized carbons (Fsp3) is 0.385. The van der Waals surface area contributed by atoms with E-state index in [4.69, 9.17) is 21.9 Å². The molecule has 6 heteroatoms. The summed E-state index contributed by atoms with van der Waals surface area (Å²) >= 11 is 5.95. The summed E-state index contributed by atoms with van der Waals surface area (Å²) in [6, 6.07) is 4.07. The minimum Gasteiger partial charge on any atom is -0.339 e. The first-order valence-corrected chi connectivity index (χ1v) is 6.50. The Morgan fingerprint density at radius 3 is 2.89 bits per heavy atom. The summed E-state index contributed by atoms with van der Waals surface area (Å²) in [5.74, 6) is 0.809. The smallest absolute Gasteiger partial charge is 0.227 e. The summed E-state index contributed by atoms with van der Waals surface area (Å²) in [4.78, 5) is 4.27. The molecule has 0 saturated carbocycles. The van der Waals surface area contributed by atoms with Crippen LogP contribution in [0.4, 0.5) is 4.39 Å². The second-order valence-corrected chi connectivity index (χ2v) is 4.76. The van der Waals surface area contributed by atoms with E-state index in [1.165, 1.54) is 18.2 Å². The predicted molar refractivity (Wildman–Crippen MR) is 71.2 cm³/mol. The molecule has 1 aromatic carbocycles. The van der Waals surface area contributed by atoms with Crippen molar-refractivity contribution in [3.05, 3.63) is 34.9 Å². The second-order valence-electron chi connectivity index (χ2n) is 4.35. The molecule has 2 N–H and O–H groups in total. The van der Waals surface area contributed by atoms with Gasteiger partial charge in [-0.2, -0.15) is 4.98 Å². The molecule has 19 heavy (non-hydrogen) atoms. The van der Waals surface area contributed by atoms with Crippen LogP contribution >= 0.6 is 11.6 Å². The van der Waals surface area contributed by atoms with Crippen LogP contribution in [0.5, 0.6) is 0 Å². The van der Waals surface area contributed by atoms with Crippen LogP contribution in [0.25, 0.3) is 11.4 Å². The van der Waals surface area contributed by atoms with Gasteiger partial charge in [-0.1, -0.05) is 30.1 Å². The average molecular weight is 284 g/mol. The third kappa shape index (κ3) is 3.30. The van der Waals surface area contributed by atoms with Crippen LogP contribution in [-0.2, 0) is 6.42 Å². The quantitative estimate of drug-likeness (QED) is 0.916. The molecule has 102 valence electrons. The zero-order chi connectivity index (χ0) is 13.8. The molecule has 1 aromatic heterocycles. The highest BCUT2D eigenvalue weighted by Gasteiger charge is 2.15. The van der Waals surface area contributed by atoms with E-state index < -0.39 is 5.82 Å². The topological polar surface area (TPSA) is 64.9 Å². The Morgan fingerprint density at radius 2 is 2.26 bits per heavy atom. The standard InChI is InChI=1S/C13H15ClFN3O/c1-2-8(7-16)5-12-17-13(18-19-12)10-4-3-9(15)6-11(10)14/h3-4,6,8H,2,5,7,16H2,1H3. The number of hydrogen-bond donors (Lipinski definition) is 1. The van der Waals surface area contributed by atoms with Gasteiger partial charge in [-0.3, -0.25) is 0 Å². The molecule has 4 nitrogen and oxygen atoms in total. The SMILES string of the molecule is CCC(CN)Cc1nc(-c2ccc(F)cc2Cl)no1. The van der Waals surface area contributed by atoms with Crippen molar-refractivity contribution in [3.8, 4) is 11.4 Å². The van der Waals surface area contributed by atoms with Gasteiger partial charge < -0.3 is 10.3 Å². The van der Waals surface area contributed by atoms with Gasteiger partial charge in [0.15, 0.2) is 0 Å². The molecular weight excluding hydrogens is 269 g/mol. The lowest BCUT2D eigenvalue weighted by molar-refractivity contribution is 0.350. The van der Waals surface area contributed by atoms with Crippen molar-refractivity contribution in [1.82, 2.24) is 10.1 Å². The Morgan fingerprint density at radius 1 is 1.47 bits per heavy atom. The third-order valence-corrected chi connectivity index (χ3v) is 3.33. The van der Waals surface area contributed by atoms with E-state index in [9.17, 15) is 4.39 Å². The van der Waals surface area contributed by atoms with Gasteiger partial charge >= 0.3 is 0 Å². The van der Waals surface area contributed by atoms with Crippen LogP contribution in [0.2, 0.25) is 5.02 Å². The summed E-state index contributed by atoms with van der Waals surface area (Å²) in [5.41, 5.74) is 6.19. The lowest BCUT2D eigenvalue weighted by Crippen LogP contribution is -2.15. The monoisotopic (exact) mass is 283 g/mol. The molecule has 0 bridgehead atoms. The summed E-state index contributed by atoms with van der Waals surface area (Å²) < 4.78 is 18.1. The highest BCUT2D eigenvalue weighted by Crippen LogP contribution is 2.26. The summed E-state index contributed by atoms with van der Waals surface area (Å²) in [7, 11) is 0. The van der Waals surface area contributed by atoms with Crippen molar-refractivity contribution in [2.45, 2.75) is 19.8 Å². The molecular formula is C13H15ClFN3O. The zero-order valence-electron chi connectivity index (χ0n) is 10.6. The van der Waals surface area contributed by atoms with E-state index in [1.807, 2.05) is 0 Å². The highest BCUT2D eigenvalue weighted by atomic mass is 35.5. The summed E-state index contributed by atoms with van der Waals surface area (Å²) in [6.07, 6.45) is 1.59. The number of nitrogens with two attached hydrogens (primary N) is 1. The van der Waals surface area contributed by atoms with Gasteiger partial charge in [0.2, 0.25) is 11.7 Å². The Labute approximate surface area is 115 Å². The molecule has 0 aliphatic rings. The first-order chi connectivity index (χ1) is 9.13. The van der Waals surface area contributed by atoms with Crippen LogP contribution in [0.15, 0.2) is 22.7 Å². The number of nitrogens with zero attached hydrogens (tertiary/aromatic N) is 2. The number of benzene rings is 1. The molecule has 0 aliphatic heterocycles. The molecule has 0 aliphatic carbocycles. The molecule has 1 atom stereocenters. The maximum absolute atomic E-state index is 13.0. The van der Waals surface area contributed by atoms with Gasteiger partial charge in [0.25, 0.3) is 0 Å². The minimum absolute atomic E-state index is 0.262. The van der Waals surface area contributed by atoms with E-state index in [0.29, 0.717) is 36.2 Å². The highest BCUT2D eigenvalue weighted by molar-refractivity contribution is 6.33. The maximum atomic E-state index is 13.0. The van der Waals surface area contributed by atoms with Gasteiger partial charge in [-0.15, -0.1) is 0 Å². The van der Waals surface area contributed by atoms with Crippen molar-refractivity contribution in [2.24, 2.45) is 11.7 Å². The number of halogens is 2. The first kappa shape index (κ1) is 14.0. The van der Waals surface area contributed by atoms with Crippen molar-refractivity contribution in [1.29, 1.82) is 0 Å². The Balaban J connectivity index is 2.20. The second kappa shape index (κ2) is 6.12. The molecule has 2 rings (SSSR count). The van der Waals surface area contributed by atoms with Crippen LogP contribution < -0.4 is 5.73 Å². The Kier molecular flexibility index (Phi) is 4.50. The lowest BCUT2D eigenvalue weighted by Gasteiger charge is -2.07. The summed E-state index contributed by atoms with van der Waals surface area (Å²) in [5, 5.41) is 4.13. The van der Waals surface area contributed by atoms with Crippen molar-refractivity contribution < 1.29 is 8.91 Å². The number of rotatable bonds is 5. The normalized spacial score (nSPS) is 12.6. The molecule has 1 heterocycles. The number of hydrogen-bond acceptors (Lipinski definition) is 4. The number of aromatic nitrogens is 2. The van der Waals surface area contributed by atoms with Crippen molar-refractivity contribution in [2.75, 3.05) is 6.54 Å². The third-order valence-electron chi connectivity index (χ3n) is 3.01. The van der Waals surface area contributed by atoms with Crippen molar-refractivity contribution in [3.63, 3.8) is 0 Å². The molecule has 2 aromatic rings. The zero-order valence-corrected chi connectivity index (χ0v) is 11.3. The molecule has 0 spiro atoms. The molecule has 0 amide bonds. The molecule has 0 radical (unpaired) electrons. The van der Waals surface area contributed by atoms with Crippen molar-refractivity contribution >= 4 is 11.6 Å². The van der Waals surface area contributed by atoms with Crippen LogP contribution in [0, 0.1) is 11.7 Å². The van der Waals surface area contributed by atoms with Gasteiger partial charge in [0, 0.05) is 12.0 Å². The van der Waals surface area contributed by atoms with E-state index in [1.54, 1.807) is 0 Å². The fourth-order valence-electron chi connectivity index (χ4n) is 1.76. The molecule has 1 unspecified atom stereocenters. The van der Waals surface area contributed by atoms with Crippen LogP contribution in [0.1, 0.15) is 19.2 Å². The molecule has 0 fully saturated rings. The van der Waals surface area contributed by atoms with Gasteiger partial charge in [-0.05, 0) is 30.7 Å². The first-order valence-electron chi connectivity index (χ1n) is 6.12. The van der Waals surface area contributed by atoms with E-state index in [0.717, 1.165) is 6.42 Å². The van der Waals surface area contributed by atoms with E-state index in [-0.39, 0.29) is 5.02 Å². The fourth-order valence-corrected chi connectivity index (χ4v) is 2.01. The van der Waals surface area contributed by atoms with Gasteiger partial charge in [-0.25, -0.2) is 4.39 Å². The Hall–Kier alpha value is -1.46. The van der Waals surface area contributed by atoms with E-state index in [2.05, 4.69) is 17.1 Å². The average Bonchev–Trinajstić information content (AvgIpc) is 2.84. The lowest BCUT2D eigenvalue weighted by atomic mass is 10.0. The van der Waals surface area contributed by atoms with Crippen LogP contribution in [-0.4, -0.2) is 16.7 Å². The minimum atomic E-state index is -0.397. The van der Waals surface area contributed by atoms with E-state index >= 15 is 0 Å². The summed E-state index contributed by atoms with van der Waals surface area (Å²) in [6.45, 7) is 2.64. The predicted octanol–water partition coefficient (Wildman–Crippen LogP) is 3.06. The van der Waals surface area contributed by atoms with Crippen LogP contribution in [0.3, 0.4) is 0 Å². The maximum Gasteiger partial charge on any atom is 0.227 e. The largest absolute Gasteiger partial charge is 0.339 e.